The quantitative estimate of drug-likeness (QED) is 0.842. The maximum Gasteiger partial charge on any atom is 0.320 e. The topological polar surface area (TPSA) is 53.0 Å². The Hall–Kier alpha value is -0.810. The third kappa shape index (κ3) is 5.29. The van der Waals surface area contributed by atoms with Gasteiger partial charge in [0, 0.05) is 19.6 Å². The number of ether oxygens (including phenoxy) is 1. The Labute approximate surface area is 122 Å². The van der Waals surface area contributed by atoms with Gasteiger partial charge in [0.05, 0.1) is 25.4 Å². The molecule has 1 aliphatic rings. The molecule has 0 bridgehead atoms. The number of hydrogen-bond acceptors (Lipinski definition) is 3. The lowest BCUT2D eigenvalue weighted by Gasteiger charge is -2.38. The van der Waals surface area contributed by atoms with E-state index >= 15 is 0 Å². The molecule has 0 aromatic heterocycles. The second-order valence-corrected chi connectivity index (χ2v) is 6.85. The molecular formula is C15H30N2O3. The summed E-state index contributed by atoms with van der Waals surface area (Å²) in [6, 6.07) is -0.0857. The molecule has 20 heavy (non-hydrogen) atoms. The largest absolute Gasteiger partial charge is 0.389 e. The van der Waals surface area contributed by atoms with E-state index in [-0.39, 0.29) is 17.7 Å². The van der Waals surface area contributed by atoms with Crippen LogP contribution in [-0.4, -0.2) is 65.9 Å². The molecule has 0 aromatic carbocycles. The number of hydrogen-bond donors (Lipinski definition) is 1. The molecule has 0 aromatic rings. The molecule has 0 saturated heterocycles. The molecule has 1 aliphatic carbocycles. The Morgan fingerprint density at radius 2 is 1.85 bits per heavy atom. The van der Waals surface area contributed by atoms with Gasteiger partial charge in [-0.1, -0.05) is 12.8 Å². The smallest absolute Gasteiger partial charge is 0.320 e. The highest BCUT2D eigenvalue weighted by atomic mass is 16.5. The SMILES string of the molecule is CN(C)C(=O)N(CC(O)COC1CCCC1)C(C)(C)C. The van der Waals surface area contributed by atoms with Crippen LogP contribution in [0.5, 0.6) is 0 Å². The molecule has 0 heterocycles. The molecule has 1 atom stereocenters. The fourth-order valence-corrected chi connectivity index (χ4v) is 2.45. The van der Waals surface area contributed by atoms with E-state index in [1.54, 1.807) is 19.0 Å². The maximum atomic E-state index is 12.2. The highest BCUT2D eigenvalue weighted by molar-refractivity contribution is 5.74. The van der Waals surface area contributed by atoms with Crippen molar-refractivity contribution in [2.45, 2.75) is 64.2 Å². The summed E-state index contributed by atoms with van der Waals surface area (Å²) in [6.45, 7) is 6.52. The van der Waals surface area contributed by atoms with Gasteiger partial charge in [0.2, 0.25) is 0 Å². The van der Waals surface area contributed by atoms with E-state index in [1.807, 2.05) is 20.8 Å². The molecule has 0 aliphatic heterocycles. The summed E-state index contributed by atoms with van der Waals surface area (Å²) in [6.07, 6.45) is 4.26. The van der Waals surface area contributed by atoms with Crippen molar-refractivity contribution in [2.24, 2.45) is 0 Å². The highest BCUT2D eigenvalue weighted by Crippen LogP contribution is 2.21. The molecule has 0 radical (unpaired) electrons. The van der Waals surface area contributed by atoms with E-state index in [4.69, 9.17) is 4.74 Å². The zero-order valence-electron chi connectivity index (χ0n) is 13.6. The Balaban J connectivity index is 2.49. The molecular weight excluding hydrogens is 256 g/mol. The molecule has 1 saturated carbocycles. The van der Waals surface area contributed by atoms with Crippen molar-refractivity contribution in [2.75, 3.05) is 27.2 Å². The lowest BCUT2D eigenvalue weighted by Crippen LogP contribution is -2.53. The van der Waals surface area contributed by atoms with Crippen molar-refractivity contribution in [3.63, 3.8) is 0 Å². The number of aliphatic hydroxyl groups excluding tert-OH is 1. The van der Waals surface area contributed by atoms with E-state index in [0.717, 1.165) is 12.8 Å². The van der Waals surface area contributed by atoms with Gasteiger partial charge in [-0.3, -0.25) is 0 Å². The Morgan fingerprint density at radius 3 is 2.30 bits per heavy atom. The number of rotatable bonds is 5. The van der Waals surface area contributed by atoms with Crippen LogP contribution in [0.25, 0.3) is 0 Å². The molecule has 2 amide bonds. The maximum absolute atomic E-state index is 12.2. The van der Waals surface area contributed by atoms with Crippen LogP contribution in [0.3, 0.4) is 0 Å². The van der Waals surface area contributed by atoms with Crippen molar-refractivity contribution < 1.29 is 14.6 Å². The zero-order valence-corrected chi connectivity index (χ0v) is 13.6. The molecule has 1 fully saturated rings. The summed E-state index contributed by atoms with van der Waals surface area (Å²) in [4.78, 5) is 15.4. The number of carbonyl (C=O) groups is 1. The molecule has 118 valence electrons. The van der Waals surface area contributed by atoms with Crippen molar-refractivity contribution in [1.29, 1.82) is 0 Å². The Morgan fingerprint density at radius 1 is 1.30 bits per heavy atom. The Bertz CT molecular complexity index is 307. The predicted octanol–water partition coefficient (Wildman–Crippen LogP) is 2.09. The first kappa shape index (κ1) is 17.2. The number of urea groups is 1. The number of carbonyl (C=O) groups excluding carboxylic acids is 1. The van der Waals surface area contributed by atoms with Crippen molar-refractivity contribution in [3.05, 3.63) is 0 Å². The third-order valence-electron chi connectivity index (χ3n) is 3.64. The summed E-state index contributed by atoms with van der Waals surface area (Å²) in [5.41, 5.74) is -0.324. The van der Waals surface area contributed by atoms with Crippen LogP contribution in [0.1, 0.15) is 46.5 Å². The summed E-state index contributed by atoms with van der Waals surface area (Å²) in [5.74, 6) is 0. The number of nitrogens with zero attached hydrogens (tertiary/aromatic N) is 2. The van der Waals surface area contributed by atoms with Gasteiger partial charge in [0.15, 0.2) is 0 Å². The normalized spacial score (nSPS) is 18.1. The number of aliphatic hydroxyl groups is 1. The fourth-order valence-electron chi connectivity index (χ4n) is 2.45. The van der Waals surface area contributed by atoms with Crippen LogP contribution in [0, 0.1) is 0 Å². The summed E-state index contributed by atoms with van der Waals surface area (Å²) in [5, 5.41) is 10.1. The van der Waals surface area contributed by atoms with E-state index in [0.29, 0.717) is 13.2 Å². The standard InChI is InChI=1S/C15H30N2O3/c1-15(2,3)17(14(19)16(4)5)10-12(18)11-20-13-8-6-7-9-13/h12-13,18H,6-11H2,1-5H3. The van der Waals surface area contributed by atoms with E-state index in [1.165, 1.54) is 17.7 Å². The van der Waals surface area contributed by atoms with Crippen molar-refractivity contribution in [1.82, 2.24) is 9.80 Å². The second kappa shape index (κ2) is 7.27. The predicted molar refractivity (Wildman–Crippen MR) is 79.8 cm³/mol. The van der Waals surface area contributed by atoms with E-state index in [9.17, 15) is 9.90 Å². The van der Waals surface area contributed by atoms with Crippen LogP contribution in [0.2, 0.25) is 0 Å². The van der Waals surface area contributed by atoms with Crippen molar-refractivity contribution >= 4 is 6.03 Å². The van der Waals surface area contributed by atoms with Crippen molar-refractivity contribution in [3.8, 4) is 0 Å². The van der Waals surface area contributed by atoms with Gasteiger partial charge in [-0.15, -0.1) is 0 Å². The third-order valence-corrected chi connectivity index (χ3v) is 3.64. The average molecular weight is 286 g/mol. The molecule has 1 rings (SSSR count). The first-order chi connectivity index (χ1) is 9.21. The molecule has 5 nitrogen and oxygen atoms in total. The average Bonchev–Trinajstić information content (AvgIpc) is 2.84. The van der Waals surface area contributed by atoms with Gasteiger partial charge in [0.1, 0.15) is 0 Å². The fraction of sp³-hybridized carbons (Fsp3) is 0.933. The lowest BCUT2D eigenvalue weighted by atomic mass is 10.1. The van der Waals surface area contributed by atoms with Crippen LogP contribution in [0.4, 0.5) is 4.79 Å². The minimum atomic E-state index is -0.640. The summed E-state index contributed by atoms with van der Waals surface area (Å²) < 4.78 is 5.72. The van der Waals surface area contributed by atoms with Crippen LogP contribution >= 0.6 is 0 Å². The van der Waals surface area contributed by atoms with Gasteiger partial charge < -0.3 is 19.6 Å². The summed E-state index contributed by atoms with van der Waals surface area (Å²) >= 11 is 0. The molecule has 0 spiro atoms. The van der Waals surface area contributed by atoms with E-state index < -0.39 is 6.10 Å². The monoisotopic (exact) mass is 286 g/mol. The number of β-amino-alcohol motifs (C(OH)–C–C–N with tert-alkyl or cyclic N) is 1. The highest BCUT2D eigenvalue weighted by Gasteiger charge is 2.30. The van der Waals surface area contributed by atoms with Gasteiger partial charge in [0.25, 0.3) is 0 Å². The minimum Gasteiger partial charge on any atom is -0.389 e. The Kier molecular flexibility index (Phi) is 6.27. The van der Waals surface area contributed by atoms with Crippen LogP contribution in [0.15, 0.2) is 0 Å². The lowest BCUT2D eigenvalue weighted by molar-refractivity contribution is -0.0234. The number of amides is 2. The van der Waals surface area contributed by atoms with Gasteiger partial charge >= 0.3 is 6.03 Å². The van der Waals surface area contributed by atoms with Crippen LogP contribution in [-0.2, 0) is 4.74 Å². The van der Waals surface area contributed by atoms with Gasteiger partial charge in [-0.25, -0.2) is 4.79 Å². The van der Waals surface area contributed by atoms with E-state index in [2.05, 4.69) is 0 Å². The molecule has 1 N–H and O–H groups in total. The first-order valence-corrected chi connectivity index (χ1v) is 7.50. The van der Waals surface area contributed by atoms with Crippen LogP contribution < -0.4 is 0 Å². The van der Waals surface area contributed by atoms with Gasteiger partial charge in [-0.2, -0.15) is 0 Å². The zero-order chi connectivity index (χ0) is 15.3. The second-order valence-electron chi connectivity index (χ2n) is 6.85. The molecule has 5 heteroatoms. The minimum absolute atomic E-state index is 0.0857. The van der Waals surface area contributed by atoms with Gasteiger partial charge in [-0.05, 0) is 33.6 Å². The molecule has 1 unspecified atom stereocenters. The summed E-state index contributed by atoms with van der Waals surface area (Å²) in [7, 11) is 3.45. The first-order valence-electron chi connectivity index (χ1n) is 7.50.